The molecule has 0 amide bonds. The zero-order chi connectivity index (χ0) is 18.6. The second-order valence-electron chi connectivity index (χ2n) is 6.42. The van der Waals surface area contributed by atoms with Crippen LogP contribution in [0.5, 0.6) is 5.75 Å². The Hall–Kier alpha value is -2.55. The molecule has 0 atom stereocenters. The maximum absolute atomic E-state index is 12.6. The molecule has 0 heterocycles. The molecule has 26 heavy (non-hydrogen) atoms. The number of esters is 1. The van der Waals surface area contributed by atoms with Gasteiger partial charge in [0.25, 0.3) is 0 Å². The molecule has 0 aliphatic rings. The Labute approximate surface area is 156 Å². The Kier molecular flexibility index (Phi) is 8.47. The van der Waals surface area contributed by atoms with Crippen LogP contribution in [0, 0.1) is 0 Å². The minimum Gasteiger partial charge on any atom is -0.508 e. The van der Waals surface area contributed by atoms with E-state index >= 15 is 0 Å². The quantitative estimate of drug-likeness (QED) is 0.253. The van der Waals surface area contributed by atoms with Crippen molar-refractivity contribution in [3.63, 3.8) is 0 Å². The SMILES string of the molecule is CCCCCCCCOC(=O)/C(=C\c1ccccc1)c1ccc(O)cc1. The van der Waals surface area contributed by atoms with Crippen molar-refractivity contribution in [3.05, 3.63) is 65.7 Å². The fourth-order valence-corrected chi connectivity index (χ4v) is 2.74. The lowest BCUT2D eigenvalue weighted by atomic mass is 10.0. The van der Waals surface area contributed by atoms with Crippen molar-refractivity contribution in [3.8, 4) is 5.75 Å². The molecule has 0 aromatic heterocycles. The summed E-state index contributed by atoms with van der Waals surface area (Å²) < 4.78 is 5.50. The molecule has 3 nitrogen and oxygen atoms in total. The van der Waals surface area contributed by atoms with Gasteiger partial charge in [0.05, 0.1) is 12.2 Å². The van der Waals surface area contributed by atoms with E-state index in [2.05, 4.69) is 6.92 Å². The van der Waals surface area contributed by atoms with Crippen molar-refractivity contribution in [2.75, 3.05) is 6.61 Å². The summed E-state index contributed by atoms with van der Waals surface area (Å²) in [5.41, 5.74) is 2.17. The van der Waals surface area contributed by atoms with E-state index in [0.29, 0.717) is 12.2 Å². The van der Waals surface area contributed by atoms with Gasteiger partial charge in [-0.25, -0.2) is 4.79 Å². The molecule has 0 saturated heterocycles. The third-order valence-electron chi connectivity index (χ3n) is 4.24. The molecule has 0 fully saturated rings. The number of phenolic OH excluding ortho intramolecular Hbond substituents is 1. The van der Waals surface area contributed by atoms with E-state index in [1.807, 2.05) is 36.4 Å². The highest BCUT2D eigenvalue weighted by molar-refractivity contribution is 6.21. The van der Waals surface area contributed by atoms with Gasteiger partial charge in [0.2, 0.25) is 0 Å². The number of carbonyl (C=O) groups excluding carboxylic acids is 1. The summed E-state index contributed by atoms with van der Waals surface area (Å²) in [6.45, 7) is 2.64. The Morgan fingerprint density at radius 3 is 2.27 bits per heavy atom. The first-order valence-corrected chi connectivity index (χ1v) is 9.44. The van der Waals surface area contributed by atoms with E-state index in [1.54, 1.807) is 24.3 Å². The number of hydrogen-bond acceptors (Lipinski definition) is 3. The molecule has 2 aromatic rings. The largest absolute Gasteiger partial charge is 0.508 e. The van der Waals surface area contributed by atoms with Gasteiger partial charge < -0.3 is 9.84 Å². The fraction of sp³-hybridized carbons (Fsp3) is 0.348. The summed E-state index contributed by atoms with van der Waals surface area (Å²) in [6, 6.07) is 16.3. The minimum absolute atomic E-state index is 0.174. The van der Waals surface area contributed by atoms with Crippen LogP contribution >= 0.6 is 0 Å². The van der Waals surface area contributed by atoms with Gasteiger partial charge >= 0.3 is 5.97 Å². The summed E-state index contributed by atoms with van der Waals surface area (Å²) in [7, 11) is 0. The van der Waals surface area contributed by atoms with Gasteiger partial charge in [-0.2, -0.15) is 0 Å². The van der Waals surface area contributed by atoms with E-state index < -0.39 is 0 Å². The predicted molar refractivity (Wildman–Crippen MR) is 107 cm³/mol. The molecule has 2 aromatic carbocycles. The van der Waals surface area contributed by atoms with Crippen LogP contribution in [0.15, 0.2) is 54.6 Å². The van der Waals surface area contributed by atoms with Crippen LogP contribution in [0.3, 0.4) is 0 Å². The van der Waals surface area contributed by atoms with Gasteiger partial charge in [0.1, 0.15) is 5.75 Å². The van der Waals surface area contributed by atoms with Crippen LogP contribution in [0.1, 0.15) is 56.6 Å². The predicted octanol–water partition coefficient (Wildman–Crippen LogP) is 5.84. The van der Waals surface area contributed by atoms with Crippen LogP contribution in [-0.4, -0.2) is 17.7 Å². The standard InChI is InChI=1S/C23H28O3/c1-2-3-4-5-6-10-17-26-23(25)22(18-19-11-8-7-9-12-19)20-13-15-21(24)16-14-20/h7-9,11-16,18,24H,2-6,10,17H2,1H3/b22-18-. The van der Waals surface area contributed by atoms with Crippen molar-refractivity contribution >= 4 is 17.6 Å². The molecule has 0 radical (unpaired) electrons. The molecule has 0 unspecified atom stereocenters. The van der Waals surface area contributed by atoms with Crippen molar-refractivity contribution in [1.29, 1.82) is 0 Å². The third-order valence-corrected chi connectivity index (χ3v) is 4.24. The second-order valence-corrected chi connectivity index (χ2v) is 6.42. The first-order chi connectivity index (χ1) is 12.7. The lowest BCUT2D eigenvalue weighted by Gasteiger charge is -2.09. The third kappa shape index (κ3) is 6.75. The first kappa shape index (κ1) is 19.8. The zero-order valence-electron chi connectivity index (χ0n) is 15.5. The fourth-order valence-electron chi connectivity index (χ4n) is 2.74. The number of rotatable bonds is 10. The van der Waals surface area contributed by atoms with Gasteiger partial charge in [-0.05, 0) is 35.8 Å². The second kappa shape index (κ2) is 11.1. The highest BCUT2D eigenvalue weighted by Gasteiger charge is 2.14. The Balaban J connectivity index is 2.01. The molecular formula is C23H28O3. The van der Waals surface area contributed by atoms with E-state index in [4.69, 9.17) is 4.74 Å². The van der Waals surface area contributed by atoms with Crippen molar-refractivity contribution in [2.24, 2.45) is 0 Å². The lowest BCUT2D eigenvalue weighted by molar-refractivity contribution is -0.136. The van der Waals surface area contributed by atoms with Crippen LogP contribution < -0.4 is 0 Å². The molecule has 0 aliphatic heterocycles. The van der Waals surface area contributed by atoms with Gasteiger partial charge in [0.15, 0.2) is 0 Å². The summed E-state index contributed by atoms with van der Waals surface area (Å²) in [5, 5.41) is 9.49. The number of ether oxygens (including phenoxy) is 1. The average Bonchev–Trinajstić information content (AvgIpc) is 2.67. The Morgan fingerprint density at radius 1 is 0.923 bits per heavy atom. The molecule has 0 spiro atoms. The van der Waals surface area contributed by atoms with Gasteiger partial charge in [0, 0.05) is 0 Å². The van der Waals surface area contributed by atoms with Crippen LogP contribution in [0.25, 0.3) is 11.6 Å². The summed E-state index contributed by atoms with van der Waals surface area (Å²) in [6.07, 6.45) is 8.75. The number of carbonyl (C=O) groups is 1. The molecular weight excluding hydrogens is 324 g/mol. The van der Waals surface area contributed by atoms with Crippen LogP contribution in [-0.2, 0) is 9.53 Å². The number of hydrogen-bond donors (Lipinski definition) is 1. The first-order valence-electron chi connectivity index (χ1n) is 9.44. The molecule has 138 valence electrons. The monoisotopic (exact) mass is 352 g/mol. The number of benzene rings is 2. The van der Waals surface area contributed by atoms with Crippen LogP contribution in [0.2, 0.25) is 0 Å². The lowest BCUT2D eigenvalue weighted by Crippen LogP contribution is -2.08. The minimum atomic E-state index is -0.326. The van der Waals surface area contributed by atoms with Gasteiger partial charge in [-0.1, -0.05) is 81.5 Å². The van der Waals surface area contributed by atoms with Crippen molar-refractivity contribution < 1.29 is 14.6 Å². The van der Waals surface area contributed by atoms with E-state index in [-0.39, 0.29) is 11.7 Å². The molecule has 1 N–H and O–H groups in total. The topological polar surface area (TPSA) is 46.5 Å². The molecule has 3 heteroatoms. The average molecular weight is 352 g/mol. The van der Waals surface area contributed by atoms with Crippen molar-refractivity contribution in [2.45, 2.75) is 45.4 Å². The number of phenols is 1. The zero-order valence-corrected chi connectivity index (χ0v) is 15.5. The molecule has 0 bridgehead atoms. The maximum atomic E-state index is 12.6. The normalized spacial score (nSPS) is 11.3. The summed E-state index contributed by atoms with van der Waals surface area (Å²) in [4.78, 5) is 12.6. The molecule has 0 saturated carbocycles. The van der Waals surface area contributed by atoms with Crippen molar-refractivity contribution in [1.82, 2.24) is 0 Å². The van der Waals surface area contributed by atoms with Gasteiger partial charge in [-0.3, -0.25) is 0 Å². The number of aromatic hydroxyl groups is 1. The Bertz CT molecular complexity index is 687. The highest BCUT2D eigenvalue weighted by atomic mass is 16.5. The van der Waals surface area contributed by atoms with Crippen LogP contribution in [0.4, 0.5) is 0 Å². The highest BCUT2D eigenvalue weighted by Crippen LogP contribution is 2.22. The van der Waals surface area contributed by atoms with E-state index in [9.17, 15) is 9.90 Å². The molecule has 0 aliphatic carbocycles. The maximum Gasteiger partial charge on any atom is 0.338 e. The molecule has 2 rings (SSSR count). The summed E-state index contributed by atoms with van der Waals surface area (Å²) >= 11 is 0. The Morgan fingerprint density at radius 2 is 1.58 bits per heavy atom. The van der Waals surface area contributed by atoms with Gasteiger partial charge in [-0.15, -0.1) is 0 Å². The smallest absolute Gasteiger partial charge is 0.338 e. The van der Waals surface area contributed by atoms with E-state index in [1.165, 1.54) is 25.7 Å². The summed E-state index contributed by atoms with van der Waals surface area (Å²) in [5.74, 6) is -0.152. The van der Waals surface area contributed by atoms with E-state index in [0.717, 1.165) is 24.0 Å². The number of unbranched alkanes of at least 4 members (excludes halogenated alkanes) is 5.